The number of rotatable bonds is 6. The van der Waals surface area contributed by atoms with Crippen molar-refractivity contribution in [1.29, 1.82) is 5.26 Å². The summed E-state index contributed by atoms with van der Waals surface area (Å²) in [5.74, 6) is -3.69. The van der Waals surface area contributed by atoms with Crippen molar-refractivity contribution >= 4 is 29.6 Å². The number of nitrogens with one attached hydrogen (secondary N) is 1. The number of carboxylic acids is 2. The predicted octanol–water partition coefficient (Wildman–Crippen LogP) is 4.18. The summed E-state index contributed by atoms with van der Waals surface area (Å²) >= 11 is 0. The van der Waals surface area contributed by atoms with Gasteiger partial charge in [-0.05, 0) is 74.0 Å². The van der Waals surface area contributed by atoms with E-state index in [2.05, 4.69) is 5.32 Å². The van der Waals surface area contributed by atoms with Crippen molar-refractivity contribution in [3.05, 3.63) is 88.0 Å². The molecule has 0 bridgehead atoms. The first-order chi connectivity index (χ1) is 15.6. The first-order valence-corrected chi connectivity index (χ1v) is 9.60. The van der Waals surface area contributed by atoms with Crippen LogP contribution in [0.1, 0.15) is 37.7 Å². The van der Waals surface area contributed by atoms with E-state index in [9.17, 15) is 34.2 Å². The van der Waals surface area contributed by atoms with Crippen LogP contribution < -0.4 is 5.32 Å². The van der Waals surface area contributed by atoms with Gasteiger partial charge in [-0.25, -0.2) is 14.0 Å². The van der Waals surface area contributed by atoms with Crippen molar-refractivity contribution in [2.75, 3.05) is 5.32 Å². The Balaban J connectivity index is 2.02. The molecular formula is C24H18FN3O5. The zero-order chi connectivity index (χ0) is 24.3. The van der Waals surface area contributed by atoms with Gasteiger partial charge in [-0.2, -0.15) is 5.26 Å². The number of amides is 1. The molecule has 8 nitrogen and oxygen atoms in total. The fraction of sp³-hybridized carbons (Fsp3) is 0.0833. The van der Waals surface area contributed by atoms with E-state index < -0.39 is 23.7 Å². The van der Waals surface area contributed by atoms with Gasteiger partial charge in [0, 0.05) is 22.8 Å². The van der Waals surface area contributed by atoms with Crippen LogP contribution in [0.5, 0.6) is 0 Å². The number of halogens is 1. The monoisotopic (exact) mass is 447 g/mol. The third-order valence-electron chi connectivity index (χ3n) is 4.91. The fourth-order valence-corrected chi connectivity index (χ4v) is 3.35. The van der Waals surface area contributed by atoms with Crippen LogP contribution in [0.4, 0.5) is 10.1 Å². The fourth-order valence-electron chi connectivity index (χ4n) is 3.35. The summed E-state index contributed by atoms with van der Waals surface area (Å²) in [5.41, 5.74) is 1.76. The number of nitriles is 1. The van der Waals surface area contributed by atoms with E-state index in [-0.39, 0.29) is 16.7 Å². The smallest absolute Gasteiger partial charge is 0.335 e. The number of aromatic carboxylic acids is 2. The first-order valence-electron chi connectivity index (χ1n) is 9.60. The Morgan fingerprint density at radius 2 is 1.58 bits per heavy atom. The van der Waals surface area contributed by atoms with Gasteiger partial charge in [-0.1, -0.05) is 0 Å². The number of aryl methyl sites for hydroxylation is 1. The van der Waals surface area contributed by atoms with E-state index in [1.807, 2.05) is 6.07 Å². The number of carbonyl (C=O) groups is 3. The molecule has 0 aliphatic heterocycles. The van der Waals surface area contributed by atoms with Crippen LogP contribution in [0.3, 0.4) is 0 Å². The molecule has 166 valence electrons. The number of hydrogen-bond donors (Lipinski definition) is 3. The normalized spacial score (nSPS) is 11.0. The van der Waals surface area contributed by atoms with Crippen LogP contribution in [0, 0.1) is 31.0 Å². The Hall–Kier alpha value is -4.71. The van der Waals surface area contributed by atoms with Gasteiger partial charge >= 0.3 is 11.9 Å². The standard InChI is InChI=1S/C24H18FN3O5/c1-13-7-15(8-18(12-26)22(29)27-20-5-3-19(25)4-6-20)14(2)28(13)21-10-16(23(30)31)9-17(11-21)24(32)33/h3-11H,1-2H3,(H,27,29)(H,30,31)(H,32,33)/b18-8+. The van der Waals surface area contributed by atoms with Gasteiger partial charge in [0.25, 0.3) is 5.91 Å². The van der Waals surface area contributed by atoms with Crippen LogP contribution in [0.15, 0.2) is 54.1 Å². The Morgan fingerprint density at radius 1 is 1.00 bits per heavy atom. The highest BCUT2D eigenvalue weighted by atomic mass is 19.1. The van der Waals surface area contributed by atoms with Gasteiger partial charge in [-0.3, -0.25) is 4.79 Å². The average molecular weight is 447 g/mol. The molecule has 1 aromatic heterocycles. The second kappa shape index (κ2) is 9.20. The second-order valence-corrected chi connectivity index (χ2v) is 7.17. The number of hydrogen-bond acceptors (Lipinski definition) is 4. The zero-order valence-corrected chi connectivity index (χ0v) is 17.6. The maximum absolute atomic E-state index is 13.1. The summed E-state index contributed by atoms with van der Waals surface area (Å²) in [5, 5.41) is 30.7. The SMILES string of the molecule is Cc1cc(/C=C(\C#N)C(=O)Nc2ccc(F)cc2)c(C)n1-c1cc(C(=O)O)cc(C(=O)O)c1. The van der Waals surface area contributed by atoms with Crippen LogP contribution in [-0.4, -0.2) is 32.6 Å². The molecule has 9 heteroatoms. The lowest BCUT2D eigenvalue weighted by Gasteiger charge is -2.12. The van der Waals surface area contributed by atoms with E-state index in [1.165, 1.54) is 42.5 Å². The van der Waals surface area contributed by atoms with Crippen molar-refractivity contribution in [3.8, 4) is 11.8 Å². The minimum Gasteiger partial charge on any atom is -0.478 e. The molecular weight excluding hydrogens is 429 g/mol. The minimum atomic E-state index is -1.27. The third kappa shape index (κ3) is 4.97. The van der Waals surface area contributed by atoms with Gasteiger partial charge in [0.1, 0.15) is 17.5 Å². The van der Waals surface area contributed by atoms with E-state index in [4.69, 9.17) is 0 Å². The molecule has 3 aromatic rings. The summed E-state index contributed by atoms with van der Waals surface area (Å²) in [6.07, 6.45) is 1.37. The number of aromatic nitrogens is 1. The third-order valence-corrected chi connectivity index (χ3v) is 4.91. The van der Waals surface area contributed by atoms with Crippen molar-refractivity contribution in [1.82, 2.24) is 4.57 Å². The molecule has 0 aliphatic rings. The zero-order valence-electron chi connectivity index (χ0n) is 17.6. The maximum atomic E-state index is 13.1. The van der Waals surface area contributed by atoms with Crippen molar-refractivity contribution in [2.45, 2.75) is 13.8 Å². The van der Waals surface area contributed by atoms with E-state index in [1.54, 1.807) is 24.5 Å². The number of carbonyl (C=O) groups excluding carboxylic acids is 1. The summed E-state index contributed by atoms with van der Waals surface area (Å²) in [6.45, 7) is 3.42. The van der Waals surface area contributed by atoms with Crippen LogP contribution in [0.2, 0.25) is 0 Å². The minimum absolute atomic E-state index is 0.189. The summed E-state index contributed by atoms with van der Waals surface area (Å²) in [4.78, 5) is 35.4. The lowest BCUT2D eigenvalue weighted by molar-refractivity contribution is -0.112. The Kier molecular flexibility index (Phi) is 6.40. The highest BCUT2D eigenvalue weighted by Crippen LogP contribution is 2.25. The molecule has 1 amide bonds. The van der Waals surface area contributed by atoms with Crippen molar-refractivity contribution in [2.24, 2.45) is 0 Å². The molecule has 0 aliphatic carbocycles. The van der Waals surface area contributed by atoms with Crippen molar-refractivity contribution in [3.63, 3.8) is 0 Å². The van der Waals surface area contributed by atoms with Crippen molar-refractivity contribution < 1.29 is 29.0 Å². The highest BCUT2D eigenvalue weighted by molar-refractivity contribution is 6.09. The molecule has 0 saturated carbocycles. The lowest BCUT2D eigenvalue weighted by Crippen LogP contribution is -2.13. The van der Waals surface area contributed by atoms with Crippen LogP contribution in [-0.2, 0) is 4.79 Å². The highest BCUT2D eigenvalue weighted by Gasteiger charge is 2.17. The van der Waals surface area contributed by atoms with Gasteiger partial charge in [0.2, 0.25) is 0 Å². The molecule has 0 unspecified atom stereocenters. The first kappa shape index (κ1) is 23.0. The second-order valence-electron chi connectivity index (χ2n) is 7.17. The topological polar surface area (TPSA) is 132 Å². The largest absolute Gasteiger partial charge is 0.478 e. The van der Waals surface area contributed by atoms with Gasteiger partial charge < -0.3 is 20.1 Å². The molecule has 0 saturated heterocycles. The Morgan fingerprint density at radius 3 is 2.09 bits per heavy atom. The van der Waals surface area contributed by atoms with E-state index in [0.717, 1.165) is 6.07 Å². The average Bonchev–Trinajstić information content (AvgIpc) is 3.05. The summed E-state index contributed by atoms with van der Waals surface area (Å²) < 4.78 is 14.7. The van der Waals surface area contributed by atoms with E-state index in [0.29, 0.717) is 28.3 Å². The van der Waals surface area contributed by atoms with Gasteiger partial charge in [-0.15, -0.1) is 0 Å². The molecule has 33 heavy (non-hydrogen) atoms. The summed E-state index contributed by atoms with van der Waals surface area (Å²) in [7, 11) is 0. The molecule has 3 rings (SSSR count). The molecule has 2 aromatic carbocycles. The molecule has 0 atom stereocenters. The summed E-state index contributed by atoms with van der Waals surface area (Å²) in [6, 6.07) is 12.4. The van der Waals surface area contributed by atoms with Crippen LogP contribution in [0.25, 0.3) is 11.8 Å². The van der Waals surface area contributed by atoms with Crippen LogP contribution >= 0.6 is 0 Å². The molecule has 0 radical (unpaired) electrons. The maximum Gasteiger partial charge on any atom is 0.335 e. The number of benzene rings is 2. The van der Waals surface area contributed by atoms with Gasteiger partial charge in [0.15, 0.2) is 0 Å². The van der Waals surface area contributed by atoms with E-state index >= 15 is 0 Å². The molecule has 0 spiro atoms. The quantitative estimate of drug-likeness (QED) is 0.384. The Bertz CT molecular complexity index is 1320. The number of nitrogens with zero attached hydrogens (tertiary/aromatic N) is 2. The molecule has 1 heterocycles. The molecule has 3 N–H and O–H groups in total. The van der Waals surface area contributed by atoms with Gasteiger partial charge in [0.05, 0.1) is 11.1 Å². The lowest BCUT2D eigenvalue weighted by atomic mass is 10.1. The number of carboxylic acid groups (broad SMARTS) is 2. The molecule has 0 fully saturated rings. The predicted molar refractivity (Wildman–Crippen MR) is 118 cm³/mol. The number of anilines is 1. The Labute approximate surface area is 187 Å².